The molecule has 0 aromatic carbocycles. The molecule has 7 heteroatoms. The first-order valence-corrected chi connectivity index (χ1v) is 8.94. The first-order chi connectivity index (χ1) is 11.6. The van der Waals surface area contributed by atoms with Crippen molar-refractivity contribution in [2.75, 3.05) is 39.8 Å². The van der Waals surface area contributed by atoms with E-state index in [-0.39, 0.29) is 11.8 Å². The molecule has 2 amide bonds. The Morgan fingerprint density at radius 1 is 1.29 bits per heavy atom. The van der Waals surface area contributed by atoms with Gasteiger partial charge in [-0.05, 0) is 23.6 Å². The van der Waals surface area contributed by atoms with E-state index in [2.05, 4.69) is 0 Å². The maximum absolute atomic E-state index is 12.4. The smallest absolute Gasteiger partial charge is 0.289 e. The van der Waals surface area contributed by atoms with Gasteiger partial charge >= 0.3 is 0 Å². The van der Waals surface area contributed by atoms with Crippen LogP contribution in [0.2, 0.25) is 0 Å². The minimum absolute atomic E-state index is 0.0693. The lowest BCUT2D eigenvalue weighted by molar-refractivity contribution is -0.896. The standard InChI is InChI=1S/C17H21N3O3S/c1-18(12-14-4-3-11-24-14)16(21)13-19-6-8-20(9-7-19)17(22)15-5-2-10-23-15/h2-5,10-11H,6-9,12-13H2,1H3/p+1. The molecule has 6 nitrogen and oxygen atoms in total. The van der Waals surface area contributed by atoms with Crippen LogP contribution in [-0.2, 0) is 11.3 Å². The van der Waals surface area contributed by atoms with Crippen LogP contribution >= 0.6 is 11.3 Å². The minimum Gasteiger partial charge on any atom is -0.459 e. The van der Waals surface area contributed by atoms with Crippen LogP contribution in [0.15, 0.2) is 40.3 Å². The van der Waals surface area contributed by atoms with Gasteiger partial charge in [0.2, 0.25) is 0 Å². The average molecular weight is 348 g/mol. The number of furan rings is 1. The second-order valence-electron chi connectivity index (χ2n) is 6.03. The van der Waals surface area contributed by atoms with Gasteiger partial charge in [0.1, 0.15) is 0 Å². The van der Waals surface area contributed by atoms with Crippen molar-refractivity contribution < 1.29 is 18.9 Å². The number of carbonyl (C=O) groups excluding carboxylic acids is 2. The molecule has 3 heterocycles. The molecule has 1 fully saturated rings. The lowest BCUT2D eigenvalue weighted by atomic mass is 10.2. The van der Waals surface area contributed by atoms with Crippen LogP contribution in [0.5, 0.6) is 0 Å². The van der Waals surface area contributed by atoms with E-state index in [0.717, 1.165) is 13.1 Å². The summed E-state index contributed by atoms with van der Waals surface area (Å²) in [6.07, 6.45) is 1.51. The molecule has 1 aliphatic heterocycles. The van der Waals surface area contributed by atoms with Crippen molar-refractivity contribution in [3.05, 3.63) is 46.5 Å². The van der Waals surface area contributed by atoms with Crippen LogP contribution < -0.4 is 4.90 Å². The number of amides is 2. The highest BCUT2D eigenvalue weighted by molar-refractivity contribution is 7.09. The Morgan fingerprint density at radius 3 is 2.71 bits per heavy atom. The van der Waals surface area contributed by atoms with E-state index in [1.807, 2.05) is 24.6 Å². The maximum Gasteiger partial charge on any atom is 0.289 e. The van der Waals surface area contributed by atoms with Gasteiger partial charge in [-0.25, -0.2) is 0 Å². The van der Waals surface area contributed by atoms with Crippen LogP contribution in [0.4, 0.5) is 0 Å². The largest absolute Gasteiger partial charge is 0.459 e. The Kier molecular flexibility index (Phi) is 5.32. The predicted molar refractivity (Wildman–Crippen MR) is 91.0 cm³/mol. The molecule has 0 spiro atoms. The Morgan fingerprint density at radius 2 is 2.08 bits per heavy atom. The van der Waals surface area contributed by atoms with Gasteiger partial charge in [-0.3, -0.25) is 9.59 Å². The van der Waals surface area contributed by atoms with E-state index in [1.165, 1.54) is 16.0 Å². The topological polar surface area (TPSA) is 58.2 Å². The molecule has 1 aliphatic rings. The zero-order valence-electron chi connectivity index (χ0n) is 13.7. The highest BCUT2D eigenvalue weighted by atomic mass is 32.1. The van der Waals surface area contributed by atoms with Crippen molar-refractivity contribution in [2.45, 2.75) is 6.54 Å². The summed E-state index contributed by atoms with van der Waals surface area (Å²) in [5, 5.41) is 2.02. The van der Waals surface area contributed by atoms with Crippen LogP contribution in [-0.4, -0.2) is 61.4 Å². The summed E-state index contributed by atoms with van der Waals surface area (Å²) in [6, 6.07) is 7.45. The summed E-state index contributed by atoms with van der Waals surface area (Å²) in [7, 11) is 1.85. The normalized spacial score (nSPS) is 15.5. The molecular formula is C17H22N3O3S+. The molecule has 0 bridgehead atoms. The van der Waals surface area contributed by atoms with Crippen LogP contribution in [0.25, 0.3) is 0 Å². The number of thiophene rings is 1. The van der Waals surface area contributed by atoms with Gasteiger partial charge in [-0.15, -0.1) is 11.3 Å². The van der Waals surface area contributed by atoms with Gasteiger partial charge in [0.05, 0.1) is 39.0 Å². The Bertz CT molecular complexity index is 661. The van der Waals surface area contributed by atoms with Crippen molar-refractivity contribution in [2.24, 2.45) is 0 Å². The molecule has 0 saturated carbocycles. The SMILES string of the molecule is CN(Cc1cccs1)C(=O)C[NH+]1CCN(C(=O)c2ccco2)CC1. The van der Waals surface area contributed by atoms with Crippen molar-refractivity contribution >= 4 is 23.2 Å². The Balaban J connectivity index is 1.45. The Labute approximate surface area is 145 Å². The third kappa shape index (κ3) is 4.04. The van der Waals surface area contributed by atoms with Crippen molar-refractivity contribution in [3.8, 4) is 0 Å². The van der Waals surface area contributed by atoms with Gasteiger partial charge in [0, 0.05) is 11.9 Å². The molecule has 0 aliphatic carbocycles. The molecule has 0 atom stereocenters. The van der Waals surface area contributed by atoms with Gasteiger partial charge in [0.15, 0.2) is 12.3 Å². The minimum atomic E-state index is -0.0693. The molecule has 3 rings (SSSR count). The van der Waals surface area contributed by atoms with Gasteiger partial charge in [-0.2, -0.15) is 0 Å². The van der Waals surface area contributed by atoms with Gasteiger partial charge < -0.3 is 19.1 Å². The summed E-state index contributed by atoms with van der Waals surface area (Å²) in [4.78, 5) is 30.6. The summed E-state index contributed by atoms with van der Waals surface area (Å²) < 4.78 is 5.16. The van der Waals surface area contributed by atoms with Crippen molar-refractivity contribution in [1.82, 2.24) is 9.80 Å². The predicted octanol–water partition coefficient (Wildman–Crippen LogP) is 0.340. The lowest BCUT2D eigenvalue weighted by Gasteiger charge is -2.32. The fourth-order valence-electron chi connectivity index (χ4n) is 2.83. The molecule has 24 heavy (non-hydrogen) atoms. The fourth-order valence-corrected chi connectivity index (χ4v) is 3.59. The first-order valence-electron chi connectivity index (χ1n) is 8.06. The van der Waals surface area contributed by atoms with E-state index < -0.39 is 0 Å². The second kappa shape index (κ2) is 7.63. The van der Waals surface area contributed by atoms with Crippen LogP contribution in [0.1, 0.15) is 15.4 Å². The summed E-state index contributed by atoms with van der Waals surface area (Å²) in [5.41, 5.74) is 0. The monoisotopic (exact) mass is 348 g/mol. The summed E-state index contributed by atoms with van der Waals surface area (Å²) in [5.74, 6) is 0.453. The van der Waals surface area contributed by atoms with Crippen LogP contribution in [0.3, 0.4) is 0 Å². The second-order valence-corrected chi connectivity index (χ2v) is 7.06. The van der Waals surface area contributed by atoms with E-state index in [4.69, 9.17) is 4.42 Å². The summed E-state index contributed by atoms with van der Waals surface area (Å²) >= 11 is 1.66. The van der Waals surface area contributed by atoms with E-state index in [1.54, 1.807) is 33.3 Å². The first kappa shape index (κ1) is 16.7. The van der Waals surface area contributed by atoms with Gasteiger partial charge in [0.25, 0.3) is 11.8 Å². The van der Waals surface area contributed by atoms with Crippen molar-refractivity contribution in [3.63, 3.8) is 0 Å². The maximum atomic E-state index is 12.4. The number of nitrogens with one attached hydrogen (secondary N) is 1. The number of likely N-dealkylation sites (N-methyl/N-ethyl adjacent to an activating group) is 1. The quantitative estimate of drug-likeness (QED) is 0.848. The van der Waals surface area contributed by atoms with Crippen LogP contribution in [0, 0.1) is 0 Å². The molecule has 2 aromatic rings. The number of nitrogens with zero attached hydrogens (tertiary/aromatic N) is 2. The lowest BCUT2D eigenvalue weighted by Crippen LogP contribution is -3.15. The summed E-state index contributed by atoms with van der Waals surface area (Å²) in [6.45, 7) is 4.00. The number of hydrogen-bond donors (Lipinski definition) is 1. The number of rotatable bonds is 5. The zero-order valence-corrected chi connectivity index (χ0v) is 14.6. The van der Waals surface area contributed by atoms with E-state index in [9.17, 15) is 9.59 Å². The number of quaternary nitrogens is 1. The Hall–Kier alpha value is -2.12. The molecule has 128 valence electrons. The zero-order chi connectivity index (χ0) is 16.9. The highest BCUT2D eigenvalue weighted by Crippen LogP contribution is 2.10. The molecule has 1 N–H and O–H groups in total. The third-order valence-corrected chi connectivity index (χ3v) is 5.15. The molecular weight excluding hydrogens is 326 g/mol. The third-order valence-electron chi connectivity index (χ3n) is 4.29. The molecule has 0 unspecified atom stereocenters. The number of carbonyl (C=O) groups is 2. The van der Waals surface area contributed by atoms with Gasteiger partial charge in [-0.1, -0.05) is 6.07 Å². The highest BCUT2D eigenvalue weighted by Gasteiger charge is 2.27. The van der Waals surface area contributed by atoms with E-state index >= 15 is 0 Å². The van der Waals surface area contributed by atoms with E-state index in [0.29, 0.717) is 31.9 Å². The van der Waals surface area contributed by atoms with Crippen molar-refractivity contribution in [1.29, 1.82) is 0 Å². The number of piperazine rings is 1. The average Bonchev–Trinajstić information content (AvgIpc) is 3.28. The number of hydrogen-bond acceptors (Lipinski definition) is 4. The molecule has 1 saturated heterocycles. The molecule has 2 aromatic heterocycles. The molecule has 0 radical (unpaired) electrons. The fraction of sp³-hybridized carbons (Fsp3) is 0.412.